The Morgan fingerprint density at radius 1 is 1.41 bits per heavy atom. The highest BCUT2D eigenvalue weighted by Gasteiger charge is 2.39. The van der Waals surface area contributed by atoms with E-state index in [1.54, 1.807) is 6.08 Å². The third-order valence-corrected chi connectivity index (χ3v) is 5.56. The number of carboxylic acids is 1. The van der Waals surface area contributed by atoms with E-state index in [-0.39, 0.29) is 41.9 Å². The van der Waals surface area contributed by atoms with Gasteiger partial charge in [-0.3, -0.25) is 14.5 Å². The number of piperidine rings is 1. The van der Waals surface area contributed by atoms with Crippen LogP contribution in [-0.4, -0.2) is 77.0 Å². The van der Waals surface area contributed by atoms with Crippen LogP contribution in [0.1, 0.15) is 46.0 Å². The van der Waals surface area contributed by atoms with Crippen LogP contribution in [0.4, 0.5) is 0 Å². The van der Waals surface area contributed by atoms with Crippen LogP contribution in [0.25, 0.3) is 0 Å². The summed E-state index contributed by atoms with van der Waals surface area (Å²) in [6.45, 7) is 4.85. The zero-order valence-electron chi connectivity index (χ0n) is 16.5. The second kappa shape index (κ2) is 9.32. The predicted octanol–water partition coefficient (Wildman–Crippen LogP) is 0.325. The summed E-state index contributed by atoms with van der Waals surface area (Å²) < 4.78 is 0. The fraction of sp³-hybridized carbons (Fsp3) is 0.737. The molecule has 8 nitrogen and oxygen atoms in total. The molecule has 1 aliphatic heterocycles. The van der Waals surface area contributed by atoms with Crippen molar-refractivity contribution in [2.24, 2.45) is 5.73 Å². The Hall–Kier alpha value is -1.93. The molecular weight excluding hydrogens is 348 g/mol. The third-order valence-electron chi connectivity index (χ3n) is 5.56. The van der Waals surface area contributed by atoms with E-state index in [1.807, 2.05) is 18.9 Å². The lowest BCUT2D eigenvalue weighted by molar-refractivity contribution is -0.133. The highest BCUT2D eigenvalue weighted by molar-refractivity contribution is 5.87. The van der Waals surface area contributed by atoms with Crippen molar-refractivity contribution in [1.29, 1.82) is 0 Å². The number of aliphatic carboxylic acids is 1. The Bertz CT molecular complexity index is 607. The van der Waals surface area contributed by atoms with E-state index in [9.17, 15) is 19.5 Å². The van der Waals surface area contributed by atoms with Gasteiger partial charge in [0.15, 0.2) is 0 Å². The van der Waals surface area contributed by atoms with Gasteiger partial charge in [-0.1, -0.05) is 13.0 Å². The number of amides is 2. The predicted molar refractivity (Wildman–Crippen MR) is 102 cm³/mol. The van der Waals surface area contributed by atoms with Gasteiger partial charge in [0.05, 0.1) is 12.1 Å². The smallest absolute Gasteiger partial charge is 0.331 e. The Balaban J connectivity index is 2.22. The number of hydrogen-bond acceptors (Lipinski definition) is 5. The van der Waals surface area contributed by atoms with Crippen molar-refractivity contribution < 1.29 is 19.5 Å². The number of nitrogens with zero attached hydrogens (tertiary/aromatic N) is 2. The minimum atomic E-state index is -0.972. The molecular formula is C19H32N4O4. The summed E-state index contributed by atoms with van der Waals surface area (Å²) in [5.74, 6) is -1.03. The standard InChI is InChI=1S/C19H32N4O4/c1-4-6-17(25)22(3)14-7-5-8-23(11-14)16-10-13(19(26)27)9-15(20)18(16)21-12(2)24/h10,14-16,18H,4-9,11,20H2,1-3H3,(H,21,24)(H,26,27)/t14-,15-,16+,18+/m0/s1. The van der Waals surface area contributed by atoms with Gasteiger partial charge in [-0.15, -0.1) is 0 Å². The van der Waals surface area contributed by atoms with Crippen LogP contribution < -0.4 is 11.1 Å². The number of nitrogens with one attached hydrogen (secondary N) is 1. The first kappa shape index (κ1) is 21.4. The van der Waals surface area contributed by atoms with Crippen LogP contribution in [0.15, 0.2) is 11.6 Å². The van der Waals surface area contributed by atoms with E-state index in [0.29, 0.717) is 13.0 Å². The minimum Gasteiger partial charge on any atom is -0.478 e. The van der Waals surface area contributed by atoms with E-state index in [0.717, 1.165) is 25.8 Å². The maximum atomic E-state index is 12.3. The van der Waals surface area contributed by atoms with Crippen molar-refractivity contribution in [3.8, 4) is 0 Å². The summed E-state index contributed by atoms with van der Waals surface area (Å²) in [7, 11) is 1.84. The lowest BCUT2D eigenvalue weighted by Gasteiger charge is -2.45. The summed E-state index contributed by atoms with van der Waals surface area (Å²) in [5.41, 5.74) is 6.51. The van der Waals surface area contributed by atoms with Crippen LogP contribution in [0.3, 0.4) is 0 Å². The second-order valence-electron chi connectivity index (χ2n) is 7.63. The van der Waals surface area contributed by atoms with Gasteiger partial charge in [0, 0.05) is 44.6 Å². The molecule has 0 saturated carbocycles. The molecule has 1 fully saturated rings. The molecule has 1 saturated heterocycles. The Labute approximate surface area is 160 Å². The maximum Gasteiger partial charge on any atom is 0.331 e. The molecule has 1 aliphatic carbocycles. The minimum absolute atomic E-state index is 0.0793. The Kier molecular flexibility index (Phi) is 7.38. The first-order chi connectivity index (χ1) is 12.7. The summed E-state index contributed by atoms with van der Waals surface area (Å²) in [6, 6.07) is -1.02. The average Bonchev–Trinajstić information content (AvgIpc) is 2.62. The van der Waals surface area contributed by atoms with Gasteiger partial charge in [0.25, 0.3) is 0 Å². The molecule has 0 aromatic carbocycles. The number of likely N-dealkylation sites (tertiary alicyclic amines) is 1. The third kappa shape index (κ3) is 5.29. The summed E-state index contributed by atoms with van der Waals surface area (Å²) >= 11 is 0. The van der Waals surface area contributed by atoms with Crippen molar-refractivity contribution in [3.63, 3.8) is 0 Å². The molecule has 2 aliphatic rings. The molecule has 1 heterocycles. The zero-order chi connectivity index (χ0) is 20.1. The van der Waals surface area contributed by atoms with Gasteiger partial charge in [0.2, 0.25) is 11.8 Å². The van der Waals surface area contributed by atoms with Gasteiger partial charge in [-0.05, 0) is 32.2 Å². The van der Waals surface area contributed by atoms with Gasteiger partial charge < -0.3 is 21.1 Å². The summed E-state index contributed by atoms with van der Waals surface area (Å²) in [5, 5.41) is 12.3. The molecule has 0 spiro atoms. The molecule has 8 heteroatoms. The molecule has 152 valence electrons. The molecule has 0 aromatic rings. The zero-order valence-corrected chi connectivity index (χ0v) is 16.5. The monoisotopic (exact) mass is 380 g/mol. The molecule has 0 aromatic heterocycles. The quantitative estimate of drug-likeness (QED) is 0.611. The molecule has 4 N–H and O–H groups in total. The first-order valence-corrected chi connectivity index (χ1v) is 9.71. The first-order valence-electron chi connectivity index (χ1n) is 9.71. The van der Waals surface area contributed by atoms with Crippen molar-refractivity contribution in [3.05, 3.63) is 11.6 Å². The van der Waals surface area contributed by atoms with Gasteiger partial charge >= 0.3 is 5.97 Å². The number of carboxylic acid groups (broad SMARTS) is 1. The number of nitrogens with two attached hydrogens (primary N) is 1. The highest BCUT2D eigenvalue weighted by atomic mass is 16.4. The lowest BCUT2D eigenvalue weighted by Crippen LogP contribution is -2.63. The lowest BCUT2D eigenvalue weighted by atomic mass is 9.85. The van der Waals surface area contributed by atoms with Crippen molar-refractivity contribution in [2.45, 2.75) is 70.1 Å². The molecule has 0 radical (unpaired) electrons. The van der Waals surface area contributed by atoms with E-state index < -0.39 is 12.0 Å². The van der Waals surface area contributed by atoms with E-state index in [2.05, 4.69) is 10.2 Å². The molecule has 0 bridgehead atoms. The number of rotatable bonds is 6. The Morgan fingerprint density at radius 3 is 2.70 bits per heavy atom. The van der Waals surface area contributed by atoms with Gasteiger partial charge in [-0.2, -0.15) is 0 Å². The average molecular weight is 380 g/mol. The van der Waals surface area contributed by atoms with Crippen LogP contribution in [-0.2, 0) is 14.4 Å². The molecule has 2 amide bonds. The molecule has 4 atom stereocenters. The van der Waals surface area contributed by atoms with E-state index >= 15 is 0 Å². The molecule has 2 rings (SSSR count). The van der Waals surface area contributed by atoms with Crippen molar-refractivity contribution >= 4 is 17.8 Å². The van der Waals surface area contributed by atoms with E-state index in [1.165, 1.54) is 6.92 Å². The van der Waals surface area contributed by atoms with Crippen LogP contribution >= 0.6 is 0 Å². The fourth-order valence-corrected chi connectivity index (χ4v) is 4.09. The van der Waals surface area contributed by atoms with Gasteiger partial charge in [0.1, 0.15) is 0 Å². The van der Waals surface area contributed by atoms with Crippen molar-refractivity contribution in [1.82, 2.24) is 15.1 Å². The summed E-state index contributed by atoms with van der Waals surface area (Å²) in [6.07, 6.45) is 5.11. The molecule has 0 unspecified atom stereocenters. The number of likely N-dealkylation sites (N-methyl/N-ethyl adjacent to an activating group) is 1. The van der Waals surface area contributed by atoms with Crippen LogP contribution in [0.2, 0.25) is 0 Å². The number of carbonyl (C=O) groups is 3. The SMILES string of the molecule is CCCC(=O)N(C)[C@H]1CCCN([C@@H]2C=C(C(=O)O)C[C@H](N)[C@H]2NC(C)=O)C1. The van der Waals surface area contributed by atoms with Gasteiger partial charge in [-0.25, -0.2) is 4.79 Å². The number of carbonyl (C=O) groups excluding carboxylic acids is 2. The number of hydrogen-bond donors (Lipinski definition) is 3. The largest absolute Gasteiger partial charge is 0.478 e. The normalized spacial score (nSPS) is 29.0. The fourth-order valence-electron chi connectivity index (χ4n) is 4.09. The maximum absolute atomic E-state index is 12.3. The Morgan fingerprint density at radius 2 is 2.11 bits per heavy atom. The topological polar surface area (TPSA) is 116 Å². The second-order valence-corrected chi connectivity index (χ2v) is 7.63. The summed E-state index contributed by atoms with van der Waals surface area (Å²) in [4.78, 5) is 39.4. The van der Waals surface area contributed by atoms with E-state index in [4.69, 9.17) is 5.73 Å². The van der Waals surface area contributed by atoms with Crippen LogP contribution in [0, 0.1) is 0 Å². The van der Waals surface area contributed by atoms with Crippen molar-refractivity contribution in [2.75, 3.05) is 20.1 Å². The highest BCUT2D eigenvalue weighted by Crippen LogP contribution is 2.26. The van der Waals surface area contributed by atoms with Crippen LogP contribution in [0.5, 0.6) is 0 Å². The molecule has 27 heavy (non-hydrogen) atoms.